The van der Waals surface area contributed by atoms with E-state index in [1.165, 1.54) is 11.3 Å². The number of carbonyl (C=O) groups is 1. The molecule has 6 nitrogen and oxygen atoms in total. The van der Waals surface area contributed by atoms with E-state index in [4.69, 9.17) is 9.47 Å². The fourth-order valence-corrected chi connectivity index (χ4v) is 2.70. The second kappa shape index (κ2) is 5.98. The Morgan fingerprint density at radius 1 is 1.05 bits per heavy atom. The SMILES string of the molecule is COc1ccc(C(=O)Nc2nc3ccc(OC)nc3s2)cc1. The number of pyridine rings is 1. The predicted molar refractivity (Wildman–Crippen MR) is 84.9 cm³/mol. The Morgan fingerprint density at radius 3 is 2.50 bits per heavy atom. The summed E-state index contributed by atoms with van der Waals surface area (Å²) in [7, 11) is 3.14. The van der Waals surface area contributed by atoms with Gasteiger partial charge in [-0.1, -0.05) is 11.3 Å². The number of amides is 1. The summed E-state index contributed by atoms with van der Waals surface area (Å²) in [6.07, 6.45) is 0. The highest BCUT2D eigenvalue weighted by molar-refractivity contribution is 7.22. The van der Waals surface area contributed by atoms with Gasteiger partial charge in [-0.3, -0.25) is 10.1 Å². The first kappa shape index (κ1) is 14.3. The average Bonchev–Trinajstić information content (AvgIpc) is 2.95. The molecule has 0 saturated carbocycles. The normalized spacial score (nSPS) is 10.5. The van der Waals surface area contributed by atoms with Crippen molar-refractivity contribution >= 4 is 32.7 Å². The van der Waals surface area contributed by atoms with Crippen molar-refractivity contribution in [3.63, 3.8) is 0 Å². The van der Waals surface area contributed by atoms with Gasteiger partial charge in [-0.25, -0.2) is 9.97 Å². The molecule has 1 N–H and O–H groups in total. The molecule has 7 heteroatoms. The lowest BCUT2D eigenvalue weighted by Gasteiger charge is -2.03. The molecule has 0 unspecified atom stereocenters. The van der Waals surface area contributed by atoms with E-state index in [1.807, 2.05) is 0 Å². The number of nitrogens with one attached hydrogen (secondary N) is 1. The van der Waals surface area contributed by atoms with E-state index in [-0.39, 0.29) is 5.91 Å². The second-order valence-electron chi connectivity index (χ2n) is 4.38. The summed E-state index contributed by atoms with van der Waals surface area (Å²) in [6.45, 7) is 0. The minimum Gasteiger partial charge on any atom is -0.497 e. The number of aromatic nitrogens is 2. The molecule has 0 fully saturated rings. The van der Waals surface area contributed by atoms with Crippen LogP contribution >= 0.6 is 11.3 Å². The summed E-state index contributed by atoms with van der Waals surface area (Å²) in [5.74, 6) is 0.991. The van der Waals surface area contributed by atoms with Crippen LogP contribution in [0.3, 0.4) is 0 Å². The van der Waals surface area contributed by atoms with Gasteiger partial charge in [-0.05, 0) is 30.3 Å². The minimum absolute atomic E-state index is 0.228. The van der Waals surface area contributed by atoms with E-state index in [1.54, 1.807) is 50.6 Å². The van der Waals surface area contributed by atoms with Crippen molar-refractivity contribution in [1.29, 1.82) is 0 Å². The predicted octanol–water partition coefficient (Wildman–Crippen LogP) is 2.96. The average molecular weight is 315 g/mol. The topological polar surface area (TPSA) is 73.3 Å². The Morgan fingerprint density at radius 2 is 1.82 bits per heavy atom. The molecule has 0 aliphatic carbocycles. The highest BCUT2D eigenvalue weighted by Gasteiger charge is 2.11. The Hall–Kier alpha value is -2.67. The molecule has 3 aromatic rings. The molecule has 0 radical (unpaired) electrons. The maximum Gasteiger partial charge on any atom is 0.257 e. The first-order valence-electron chi connectivity index (χ1n) is 6.46. The van der Waals surface area contributed by atoms with E-state index in [2.05, 4.69) is 15.3 Å². The van der Waals surface area contributed by atoms with E-state index in [9.17, 15) is 4.79 Å². The van der Waals surface area contributed by atoms with Crippen LogP contribution in [0.5, 0.6) is 11.6 Å². The van der Waals surface area contributed by atoms with Gasteiger partial charge < -0.3 is 9.47 Å². The first-order chi connectivity index (χ1) is 10.7. The van der Waals surface area contributed by atoms with Gasteiger partial charge in [0.15, 0.2) is 5.13 Å². The van der Waals surface area contributed by atoms with Crippen molar-refractivity contribution in [2.24, 2.45) is 0 Å². The van der Waals surface area contributed by atoms with Gasteiger partial charge in [0.2, 0.25) is 5.88 Å². The Balaban J connectivity index is 1.80. The molecule has 0 aliphatic heterocycles. The van der Waals surface area contributed by atoms with Crippen LogP contribution in [0, 0.1) is 0 Å². The largest absolute Gasteiger partial charge is 0.497 e. The Labute approximate surface area is 130 Å². The smallest absolute Gasteiger partial charge is 0.257 e. The van der Waals surface area contributed by atoms with Gasteiger partial charge in [0, 0.05) is 11.6 Å². The standard InChI is InChI=1S/C15H13N3O3S/c1-20-10-5-3-9(4-6-10)13(19)18-15-16-11-7-8-12(21-2)17-14(11)22-15/h3-8H,1-2H3,(H,16,18,19). The van der Waals surface area contributed by atoms with Crippen molar-refractivity contribution in [3.05, 3.63) is 42.0 Å². The second-order valence-corrected chi connectivity index (χ2v) is 5.36. The van der Waals surface area contributed by atoms with Crippen LogP contribution in [0.15, 0.2) is 36.4 Å². The fourth-order valence-electron chi connectivity index (χ4n) is 1.88. The molecule has 2 heterocycles. The number of fused-ring (bicyclic) bond motifs is 1. The number of nitrogens with zero attached hydrogens (tertiary/aromatic N) is 2. The van der Waals surface area contributed by atoms with Gasteiger partial charge in [-0.2, -0.15) is 0 Å². The molecule has 0 bridgehead atoms. The zero-order chi connectivity index (χ0) is 15.5. The number of carbonyl (C=O) groups excluding carboxylic acids is 1. The van der Waals surface area contributed by atoms with Crippen LogP contribution in [0.25, 0.3) is 10.3 Å². The number of hydrogen-bond acceptors (Lipinski definition) is 6. The van der Waals surface area contributed by atoms with Crippen LogP contribution in [0.4, 0.5) is 5.13 Å². The van der Waals surface area contributed by atoms with E-state index in [0.29, 0.717) is 27.2 Å². The first-order valence-corrected chi connectivity index (χ1v) is 7.28. The quantitative estimate of drug-likeness (QED) is 0.801. The Bertz CT molecular complexity index is 815. The van der Waals surface area contributed by atoms with Gasteiger partial charge in [0.05, 0.1) is 14.2 Å². The molecule has 0 spiro atoms. The molecule has 1 amide bonds. The summed E-state index contributed by atoms with van der Waals surface area (Å²) in [5.41, 5.74) is 1.25. The van der Waals surface area contributed by atoms with Gasteiger partial charge in [0.1, 0.15) is 16.1 Å². The van der Waals surface area contributed by atoms with Crippen molar-refractivity contribution < 1.29 is 14.3 Å². The molecular formula is C15H13N3O3S. The summed E-state index contributed by atoms with van der Waals surface area (Å²) in [4.78, 5) is 21.5. The highest BCUT2D eigenvalue weighted by Crippen LogP contribution is 2.26. The Kier molecular flexibility index (Phi) is 3.88. The van der Waals surface area contributed by atoms with E-state index >= 15 is 0 Å². The van der Waals surface area contributed by atoms with Gasteiger partial charge >= 0.3 is 0 Å². The number of benzene rings is 1. The van der Waals surface area contributed by atoms with Crippen LogP contribution in [-0.4, -0.2) is 30.1 Å². The van der Waals surface area contributed by atoms with Crippen molar-refractivity contribution in [2.45, 2.75) is 0 Å². The van der Waals surface area contributed by atoms with Crippen LogP contribution in [0.2, 0.25) is 0 Å². The third kappa shape index (κ3) is 2.84. The molecule has 0 saturated heterocycles. The molecule has 2 aromatic heterocycles. The van der Waals surface area contributed by atoms with Crippen molar-refractivity contribution in [2.75, 3.05) is 19.5 Å². The maximum absolute atomic E-state index is 12.2. The third-order valence-corrected chi connectivity index (χ3v) is 3.89. The zero-order valence-corrected chi connectivity index (χ0v) is 12.8. The van der Waals surface area contributed by atoms with E-state index in [0.717, 1.165) is 5.52 Å². The van der Waals surface area contributed by atoms with Crippen molar-refractivity contribution in [3.8, 4) is 11.6 Å². The molecule has 3 rings (SSSR count). The molecule has 112 valence electrons. The number of thiazole rings is 1. The van der Waals surface area contributed by atoms with Gasteiger partial charge in [0.25, 0.3) is 5.91 Å². The number of rotatable bonds is 4. The number of hydrogen-bond donors (Lipinski definition) is 1. The molecule has 1 aromatic carbocycles. The maximum atomic E-state index is 12.2. The highest BCUT2D eigenvalue weighted by atomic mass is 32.1. The molecule has 22 heavy (non-hydrogen) atoms. The zero-order valence-electron chi connectivity index (χ0n) is 12.0. The molecular weight excluding hydrogens is 302 g/mol. The van der Waals surface area contributed by atoms with E-state index < -0.39 is 0 Å². The number of methoxy groups -OCH3 is 2. The number of ether oxygens (including phenoxy) is 2. The van der Waals surface area contributed by atoms with Gasteiger partial charge in [-0.15, -0.1) is 0 Å². The summed E-state index contributed by atoms with van der Waals surface area (Å²) < 4.78 is 10.1. The monoisotopic (exact) mass is 315 g/mol. The number of anilines is 1. The summed E-state index contributed by atoms with van der Waals surface area (Å²) in [5, 5.41) is 3.27. The third-order valence-electron chi connectivity index (χ3n) is 3.01. The summed E-state index contributed by atoms with van der Waals surface area (Å²) >= 11 is 1.30. The lowest BCUT2D eigenvalue weighted by atomic mass is 10.2. The van der Waals surface area contributed by atoms with Crippen molar-refractivity contribution in [1.82, 2.24) is 9.97 Å². The summed E-state index contributed by atoms with van der Waals surface area (Å²) in [6, 6.07) is 10.4. The van der Waals surface area contributed by atoms with Crippen LogP contribution in [-0.2, 0) is 0 Å². The lowest BCUT2D eigenvalue weighted by molar-refractivity contribution is 0.102. The minimum atomic E-state index is -0.228. The lowest BCUT2D eigenvalue weighted by Crippen LogP contribution is -2.11. The van der Waals surface area contributed by atoms with Crippen LogP contribution in [0.1, 0.15) is 10.4 Å². The fraction of sp³-hybridized carbons (Fsp3) is 0.133. The van der Waals surface area contributed by atoms with Crippen LogP contribution < -0.4 is 14.8 Å². The molecule has 0 aliphatic rings. The molecule has 0 atom stereocenters.